The van der Waals surface area contributed by atoms with Crippen molar-refractivity contribution in [1.29, 1.82) is 0 Å². The summed E-state index contributed by atoms with van der Waals surface area (Å²) in [4.78, 5) is 4.76. The van der Waals surface area contributed by atoms with Crippen LogP contribution in [-0.2, 0) is 5.54 Å². The molecule has 24 heavy (non-hydrogen) atoms. The van der Waals surface area contributed by atoms with Crippen molar-refractivity contribution in [2.75, 3.05) is 12.9 Å². The summed E-state index contributed by atoms with van der Waals surface area (Å²) in [6.07, 6.45) is 4.25. The maximum absolute atomic E-state index is 5.77. The van der Waals surface area contributed by atoms with Gasteiger partial charge in [-0.1, -0.05) is 17.8 Å². The monoisotopic (exact) mass is 340 g/mol. The summed E-state index contributed by atoms with van der Waals surface area (Å²) in [5, 5.41) is 10.5. The van der Waals surface area contributed by atoms with Crippen LogP contribution < -0.4 is 4.74 Å². The zero-order chi connectivity index (χ0) is 17.1. The van der Waals surface area contributed by atoms with Gasteiger partial charge in [-0.2, -0.15) is 0 Å². The minimum absolute atomic E-state index is 0.171. The van der Waals surface area contributed by atoms with E-state index in [0.29, 0.717) is 11.8 Å². The second kappa shape index (κ2) is 5.21. The van der Waals surface area contributed by atoms with E-state index in [4.69, 9.17) is 9.72 Å². The first-order valence-electron chi connectivity index (χ1n) is 8.06. The largest absolute Gasteiger partial charge is 0.494 e. The number of rotatable bonds is 3. The van der Waals surface area contributed by atoms with Crippen molar-refractivity contribution in [3.63, 3.8) is 0 Å². The van der Waals surface area contributed by atoms with Crippen LogP contribution in [0.15, 0.2) is 23.4 Å². The molecule has 0 saturated carbocycles. The van der Waals surface area contributed by atoms with Gasteiger partial charge in [-0.15, -0.1) is 10.2 Å². The first kappa shape index (κ1) is 15.4. The average molecular weight is 340 g/mol. The van der Waals surface area contributed by atoms with Crippen molar-refractivity contribution in [3.05, 3.63) is 23.8 Å². The molecule has 3 aromatic rings. The van der Waals surface area contributed by atoms with Gasteiger partial charge in [0.1, 0.15) is 11.3 Å². The molecule has 0 atom stereocenters. The van der Waals surface area contributed by atoms with E-state index in [0.717, 1.165) is 22.3 Å². The predicted molar refractivity (Wildman–Crippen MR) is 98.8 cm³/mol. The molecular formula is C18H20N4OS. The molecule has 0 radical (unpaired) electrons. The third-order valence-electron chi connectivity index (χ3n) is 4.49. The fourth-order valence-electron chi connectivity index (χ4n) is 3.64. The zero-order valence-electron chi connectivity index (χ0n) is 14.5. The molecule has 4 rings (SSSR count). The molecule has 1 aliphatic heterocycles. The highest BCUT2D eigenvalue weighted by molar-refractivity contribution is 7.98. The zero-order valence-corrected chi connectivity index (χ0v) is 15.4. The minimum Gasteiger partial charge on any atom is -0.494 e. The summed E-state index contributed by atoms with van der Waals surface area (Å²) in [7, 11) is 0. The van der Waals surface area contributed by atoms with E-state index in [2.05, 4.69) is 53.7 Å². The van der Waals surface area contributed by atoms with E-state index in [9.17, 15) is 0 Å². The van der Waals surface area contributed by atoms with E-state index < -0.39 is 0 Å². The maximum atomic E-state index is 5.77. The predicted octanol–water partition coefficient (Wildman–Crippen LogP) is 4.25. The molecule has 1 aromatic carbocycles. The molecule has 0 N–H and O–H groups in total. The number of aromatic nitrogens is 4. The van der Waals surface area contributed by atoms with E-state index in [1.165, 1.54) is 28.4 Å². The quantitative estimate of drug-likeness (QED) is 0.667. The molecule has 0 amide bonds. The Bertz CT molecular complexity index is 1000. The van der Waals surface area contributed by atoms with Crippen molar-refractivity contribution >= 4 is 39.4 Å². The fourth-order valence-corrected chi connectivity index (χ4v) is 3.94. The fraction of sp³-hybridized carbons (Fsp3) is 0.389. The van der Waals surface area contributed by atoms with Gasteiger partial charge in [-0.3, -0.25) is 0 Å². The number of allylic oxidation sites excluding steroid dienone is 2. The average Bonchev–Trinajstić information content (AvgIpc) is 2.87. The van der Waals surface area contributed by atoms with Crippen LogP contribution in [0.2, 0.25) is 0 Å². The Labute approximate surface area is 145 Å². The summed E-state index contributed by atoms with van der Waals surface area (Å²) in [5.41, 5.74) is 5.14. The molecule has 0 unspecified atom stereocenters. The molecule has 0 saturated heterocycles. The van der Waals surface area contributed by atoms with E-state index in [1.807, 2.05) is 13.2 Å². The van der Waals surface area contributed by atoms with Gasteiger partial charge >= 0.3 is 0 Å². The Morgan fingerprint density at radius 3 is 2.75 bits per heavy atom. The van der Waals surface area contributed by atoms with E-state index in [-0.39, 0.29) is 5.54 Å². The second-order valence-electron chi connectivity index (χ2n) is 6.59. The Balaban J connectivity index is 2.20. The molecule has 3 heterocycles. The Hall–Kier alpha value is -2.08. The molecule has 0 fully saturated rings. The van der Waals surface area contributed by atoms with Gasteiger partial charge in [0.25, 0.3) is 0 Å². The molecule has 124 valence electrons. The lowest BCUT2D eigenvalue weighted by molar-refractivity contribution is 0.340. The first-order valence-corrected chi connectivity index (χ1v) is 9.28. The Morgan fingerprint density at radius 1 is 1.25 bits per heavy atom. The van der Waals surface area contributed by atoms with Gasteiger partial charge in [0.15, 0.2) is 5.65 Å². The number of hydrogen-bond acceptors (Lipinski definition) is 5. The first-order chi connectivity index (χ1) is 11.5. The van der Waals surface area contributed by atoms with Crippen molar-refractivity contribution in [3.8, 4) is 5.75 Å². The van der Waals surface area contributed by atoms with Crippen LogP contribution in [-0.4, -0.2) is 32.6 Å². The van der Waals surface area contributed by atoms with Crippen LogP contribution in [0, 0.1) is 0 Å². The van der Waals surface area contributed by atoms with Crippen molar-refractivity contribution in [2.24, 2.45) is 0 Å². The third kappa shape index (κ3) is 2.05. The van der Waals surface area contributed by atoms with Crippen LogP contribution in [0.1, 0.15) is 33.3 Å². The third-order valence-corrected chi connectivity index (χ3v) is 5.03. The number of thioether (sulfide) groups is 1. The highest BCUT2D eigenvalue weighted by atomic mass is 32.2. The maximum Gasteiger partial charge on any atom is 0.210 e. The van der Waals surface area contributed by atoms with Gasteiger partial charge in [-0.05, 0) is 51.7 Å². The van der Waals surface area contributed by atoms with E-state index in [1.54, 1.807) is 0 Å². The molecule has 1 aliphatic rings. The molecule has 0 bridgehead atoms. The molecule has 0 aliphatic carbocycles. The lowest BCUT2D eigenvalue weighted by atomic mass is 9.92. The normalized spacial score (nSPS) is 15.8. The standard InChI is InChI=1S/C18H20N4OS/c1-6-23-11-7-12-10(2)9-18(3,4)22-15(12)13(8-11)14-16(22)19-17(24-5)21-20-14/h7-9H,6H2,1-5H3. The van der Waals surface area contributed by atoms with Crippen molar-refractivity contribution in [1.82, 2.24) is 19.7 Å². The minimum atomic E-state index is -0.171. The lowest BCUT2D eigenvalue weighted by Crippen LogP contribution is -2.27. The van der Waals surface area contributed by atoms with Crippen LogP contribution in [0.3, 0.4) is 0 Å². The summed E-state index contributed by atoms with van der Waals surface area (Å²) in [6, 6.07) is 4.18. The van der Waals surface area contributed by atoms with Crippen molar-refractivity contribution < 1.29 is 4.74 Å². The van der Waals surface area contributed by atoms with E-state index >= 15 is 0 Å². The Morgan fingerprint density at radius 2 is 2.04 bits per heavy atom. The molecule has 2 aromatic heterocycles. The Kier molecular flexibility index (Phi) is 3.35. The smallest absolute Gasteiger partial charge is 0.210 e. The number of ether oxygens (including phenoxy) is 1. The summed E-state index contributed by atoms with van der Waals surface area (Å²) >= 11 is 1.51. The van der Waals surface area contributed by atoms with Crippen LogP contribution in [0.5, 0.6) is 5.75 Å². The van der Waals surface area contributed by atoms with Crippen LogP contribution in [0.4, 0.5) is 0 Å². The van der Waals surface area contributed by atoms with Crippen LogP contribution >= 0.6 is 11.8 Å². The summed E-state index contributed by atoms with van der Waals surface area (Å²) in [5.74, 6) is 0.863. The highest BCUT2D eigenvalue weighted by Crippen LogP contribution is 2.43. The molecule has 0 spiro atoms. The molecular weight excluding hydrogens is 320 g/mol. The number of benzene rings is 1. The SMILES string of the molecule is CCOc1cc2c3c(c1)c1nnc(SC)nc1n3C(C)(C)C=C2C. The highest BCUT2D eigenvalue weighted by Gasteiger charge is 2.31. The summed E-state index contributed by atoms with van der Waals surface area (Å²) < 4.78 is 8.06. The second-order valence-corrected chi connectivity index (χ2v) is 7.36. The number of fused-ring (bicyclic) bond motifs is 3. The summed E-state index contributed by atoms with van der Waals surface area (Å²) in [6.45, 7) is 9.19. The van der Waals surface area contributed by atoms with Crippen LogP contribution in [0.25, 0.3) is 27.6 Å². The van der Waals surface area contributed by atoms with Gasteiger partial charge < -0.3 is 9.30 Å². The number of hydrogen-bond donors (Lipinski definition) is 0. The molecule has 6 heteroatoms. The molecule has 5 nitrogen and oxygen atoms in total. The number of nitrogens with zero attached hydrogens (tertiary/aromatic N) is 4. The van der Waals surface area contributed by atoms with Crippen molar-refractivity contribution in [2.45, 2.75) is 38.4 Å². The van der Waals surface area contributed by atoms with Gasteiger partial charge in [0.05, 0.1) is 17.7 Å². The van der Waals surface area contributed by atoms with Gasteiger partial charge in [0.2, 0.25) is 5.16 Å². The van der Waals surface area contributed by atoms with Gasteiger partial charge in [0, 0.05) is 10.9 Å². The topological polar surface area (TPSA) is 52.8 Å². The lowest BCUT2D eigenvalue weighted by Gasteiger charge is -2.31. The van der Waals surface area contributed by atoms with Gasteiger partial charge in [-0.25, -0.2) is 4.98 Å².